The van der Waals surface area contributed by atoms with E-state index in [-0.39, 0.29) is 24.6 Å². The van der Waals surface area contributed by atoms with E-state index < -0.39 is 12.0 Å². The third kappa shape index (κ3) is 7.21. The summed E-state index contributed by atoms with van der Waals surface area (Å²) in [6.45, 7) is 4.80. The van der Waals surface area contributed by atoms with Gasteiger partial charge in [-0.15, -0.1) is 12.4 Å². The van der Waals surface area contributed by atoms with Crippen molar-refractivity contribution in [1.82, 2.24) is 15.3 Å². The Labute approximate surface area is 216 Å². The lowest BCUT2D eigenvalue weighted by molar-refractivity contribution is 0.0995. The predicted molar refractivity (Wildman–Crippen MR) is 142 cm³/mol. The molecular formula is C27H31ClN4O4. The van der Waals surface area contributed by atoms with Crippen molar-refractivity contribution in [3.8, 4) is 17.4 Å². The van der Waals surface area contributed by atoms with Crippen LogP contribution in [-0.2, 0) is 6.42 Å². The number of aliphatic hydroxyl groups is 1. The van der Waals surface area contributed by atoms with E-state index in [1.165, 1.54) is 6.20 Å². The van der Waals surface area contributed by atoms with Gasteiger partial charge in [-0.3, -0.25) is 4.79 Å². The molecule has 5 N–H and O–H groups in total. The molecule has 0 saturated heterocycles. The molecule has 0 bridgehead atoms. The molecule has 1 atom stereocenters. The number of pyridine rings is 1. The van der Waals surface area contributed by atoms with Gasteiger partial charge in [-0.05, 0) is 62.2 Å². The highest BCUT2D eigenvalue weighted by Gasteiger charge is 2.20. The quantitative estimate of drug-likeness (QED) is 0.239. The second-order valence-electron chi connectivity index (χ2n) is 9.10. The number of nitrogens with one attached hydrogen (secondary N) is 2. The van der Waals surface area contributed by atoms with Crippen molar-refractivity contribution in [2.45, 2.75) is 31.9 Å². The number of aromatic amines is 1. The van der Waals surface area contributed by atoms with Crippen LogP contribution in [0.3, 0.4) is 0 Å². The summed E-state index contributed by atoms with van der Waals surface area (Å²) in [7, 11) is 0. The molecule has 4 rings (SSSR count). The molecule has 0 fully saturated rings. The maximum Gasteiger partial charge on any atom is 0.250 e. The van der Waals surface area contributed by atoms with E-state index in [9.17, 15) is 9.90 Å². The van der Waals surface area contributed by atoms with Gasteiger partial charge in [0, 0.05) is 41.4 Å². The number of hydrogen-bond donors (Lipinski definition) is 4. The van der Waals surface area contributed by atoms with Gasteiger partial charge in [0.15, 0.2) is 0 Å². The van der Waals surface area contributed by atoms with Gasteiger partial charge in [-0.2, -0.15) is 0 Å². The zero-order valence-corrected chi connectivity index (χ0v) is 21.0. The molecule has 8 nitrogen and oxygen atoms in total. The summed E-state index contributed by atoms with van der Waals surface area (Å²) >= 11 is 0. The van der Waals surface area contributed by atoms with E-state index in [2.05, 4.69) is 29.1 Å². The lowest BCUT2D eigenvalue weighted by Crippen LogP contribution is -2.46. The zero-order valence-electron chi connectivity index (χ0n) is 20.2. The highest BCUT2D eigenvalue weighted by atomic mass is 35.5. The van der Waals surface area contributed by atoms with Gasteiger partial charge in [-0.25, -0.2) is 4.98 Å². The number of H-pyrrole nitrogens is 1. The Morgan fingerprint density at radius 2 is 1.92 bits per heavy atom. The van der Waals surface area contributed by atoms with Gasteiger partial charge in [0.05, 0.1) is 5.56 Å². The van der Waals surface area contributed by atoms with Crippen LogP contribution in [-0.4, -0.2) is 45.8 Å². The van der Waals surface area contributed by atoms with Gasteiger partial charge in [-0.1, -0.05) is 18.2 Å². The monoisotopic (exact) mass is 510 g/mol. The molecule has 1 amide bonds. The third-order valence-corrected chi connectivity index (χ3v) is 5.62. The predicted octanol–water partition coefficient (Wildman–Crippen LogP) is 4.23. The topological polar surface area (TPSA) is 122 Å². The highest BCUT2D eigenvalue weighted by molar-refractivity contribution is 5.92. The number of halogens is 1. The fourth-order valence-corrected chi connectivity index (χ4v) is 3.78. The van der Waals surface area contributed by atoms with E-state index >= 15 is 0 Å². The van der Waals surface area contributed by atoms with Crippen LogP contribution in [0, 0.1) is 0 Å². The second-order valence-corrected chi connectivity index (χ2v) is 9.10. The third-order valence-electron chi connectivity index (χ3n) is 5.62. The number of carbonyl (C=O) groups excluding carboxylic acids is 1. The van der Waals surface area contributed by atoms with E-state index in [1.54, 1.807) is 12.1 Å². The summed E-state index contributed by atoms with van der Waals surface area (Å²) in [5, 5.41) is 14.9. The first-order valence-electron chi connectivity index (χ1n) is 11.4. The number of ether oxygens (including phenoxy) is 2. The fourth-order valence-electron chi connectivity index (χ4n) is 3.78. The largest absolute Gasteiger partial charge is 0.490 e. The molecule has 2 aromatic heterocycles. The maximum absolute atomic E-state index is 11.1. The maximum atomic E-state index is 11.1. The number of nitrogens with two attached hydrogens (primary N) is 1. The van der Waals surface area contributed by atoms with E-state index in [0.717, 1.165) is 28.6 Å². The summed E-state index contributed by atoms with van der Waals surface area (Å²) in [5.74, 6) is 1.25. The average molecular weight is 511 g/mol. The molecule has 0 aliphatic rings. The van der Waals surface area contributed by atoms with E-state index in [1.807, 2.05) is 54.7 Å². The van der Waals surface area contributed by atoms with Crippen LogP contribution in [0.1, 0.15) is 29.8 Å². The molecule has 2 aromatic carbocycles. The highest BCUT2D eigenvalue weighted by Crippen LogP contribution is 2.25. The molecule has 0 spiro atoms. The lowest BCUT2D eigenvalue weighted by Gasteiger charge is -2.28. The molecule has 2 heterocycles. The Bertz CT molecular complexity index is 1270. The average Bonchev–Trinajstić information content (AvgIpc) is 3.32. The molecule has 9 heteroatoms. The molecule has 0 radical (unpaired) electrons. The van der Waals surface area contributed by atoms with Gasteiger partial charge in [0.1, 0.15) is 24.2 Å². The molecule has 0 aliphatic carbocycles. The number of benzene rings is 2. The number of carbonyl (C=O) groups is 1. The first-order chi connectivity index (χ1) is 16.8. The fraction of sp³-hybridized carbons (Fsp3) is 0.259. The van der Waals surface area contributed by atoms with E-state index in [4.69, 9.17) is 15.2 Å². The van der Waals surface area contributed by atoms with E-state index in [0.29, 0.717) is 23.7 Å². The minimum atomic E-state index is -0.646. The standard InChI is InChI=1S/C27H30N4O4.ClH/c1-27(2,31-16-20(32)17-34-24-5-3-4-23-22(24)12-13-29-23)14-18-6-9-21(10-7-18)35-25-11-8-19(15-30-25)26(28)33;/h3-13,15,20,29,31-32H,14,16-17H2,1-2H3,(H2,28,33);1H/t20-;/m0./s1. The number of rotatable bonds is 11. The Balaban J connectivity index is 0.00000361. The first-order valence-corrected chi connectivity index (χ1v) is 11.4. The zero-order chi connectivity index (χ0) is 24.8. The van der Waals surface area contributed by atoms with Gasteiger partial charge < -0.3 is 30.6 Å². The minimum absolute atomic E-state index is 0. The summed E-state index contributed by atoms with van der Waals surface area (Å²) in [5.41, 5.74) is 7.45. The Kier molecular flexibility index (Phi) is 8.93. The number of fused-ring (bicyclic) bond motifs is 1. The van der Waals surface area contributed by atoms with Crippen molar-refractivity contribution in [3.63, 3.8) is 0 Å². The van der Waals surface area contributed by atoms with Crippen LogP contribution in [0.2, 0.25) is 0 Å². The van der Waals surface area contributed by atoms with Crippen LogP contribution >= 0.6 is 12.4 Å². The summed E-state index contributed by atoms with van der Waals surface area (Å²) in [6, 6.07) is 18.7. The Morgan fingerprint density at radius 1 is 1.14 bits per heavy atom. The van der Waals surface area contributed by atoms with Crippen molar-refractivity contribution in [2.75, 3.05) is 13.2 Å². The Hall–Kier alpha value is -3.59. The van der Waals surface area contributed by atoms with Gasteiger partial charge in [0.25, 0.3) is 0 Å². The molecule has 36 heavy (non-hydrogen) atoms. The van der Waals surface area contributed by atoms with Crippen LogP contribution in [0.25, 0.3) is 10.9 Å². The molecule has 4 aromatic rings. The minimum Gasteiger partial charge on any atom is -0.490 e. The number of nitrogens with zero attached hydrogens (tertiary/aromatic N) is 1. The van der Waals surface area contributed by atoms with Crippen molar-refractivity contribution in [2.24, 2.45) is 5.73 Å². The smallest absolute Gasteiger partial charge is 0.250 e. The van der Waals surface area contributed by atoms with Crippen LogP contribution in [0.4, 0.5) is 0 Å². The Morgan fingerprint density at radius 3 is 2.61 bits per heavy atom. The number of amides is 1. The van der Waals surface area contributed by atoms with Crippen molar-refractivity contribution < 1.29 is 19.4 Å². The number of aromatic nitrogens is 2. The van der Waals surface area contributed by atoms with Gasteiger partial charge >= 0.3 is 0 Å². The molecule has 190 valence electrons. The van der Waals surface area contributed by atoms with Crippen LogP contribution < -0.4 is 20.5 Å². The second kappa shape index (κ2) is 11.9. The summed E-state index contributed by atoms with van der Waals surface area (Å²) < 4.78 is 11.6. The van der Waals surface area contributed by atoms with Crippen molar-refractivity contribution in [3.05, 3.63) is 84.2 Å². The molecule has 0 aliphatic heterocycles. The SMILES string of the molecule is CC(C)(Cc1ccc(Oc2ccc(C(N)=O)cn2)cc1)NC[C@H](O)COc1cccc2[nH]ccc12.Cl. The van der Waals surface area contributed by atoms with Crippen LogP contribution in [0.15, 0.2) is 73.1 Å². The van der Waals surface area contributed by atoms with Crippen molar-refractivity contribution >= 4 is 29.2 Å². The number of β-amino-alcohol motifs (C(OH)–C–C–N with tert-alkyl or cyclic N) is 1. The normalized spacial score (nSPS) is 12.1. The summed E-state index contributed by atoms with van der Waals surface area (Å²) in [6.07, 6.45) is 3.37. The molecule has 0 unspecified atom stereocenters. The summed E-state index contributed by atoms with van der Waals surface area (Å²) in [4.78, 5) is 18.4. The molecule has 0 saturated carbocycles. The number of primary amides is 1. The number of hydrogen-bond acceptors (Lipinski definition) is 6. The number of aliphatic hydroxyl groups excluding tert-OH is 1. The van der Waals surface area contributed by atoms with Crippen molar-refractivity contribution in [1.29, 1.82) is 0 Å². The van der Waals surface area contributed by atoms with Crippen LogP contribution in [0.5, 0.6) is 17.4 Å². The van der Waals surface area contributed by atoms with Gasteiger partial charge in [0.2, 0.25) is 11.8 Å². The first kappa shape index (κ1) is 27.0. The lowest BCUT2D eigenvalue weighted by atomic mass is 9.94. The molecular weight excluding hydrogens is 480 g/mol.